The normalized spacial score (nSPS) is 12.4. The fourth-order valence-corrected chi connectivity index (χ4v) is 4.56. The zero-order chi connectivity index (χ0) is 16.3. The first-order valence-corrected chi connectivity index (χ1v) is 9.81. The van der Waals surface area contributed by atoms with Crippen molar-refractivity contribution in [1.82, 2.24) is 9.29 Å². The molecule has 0 aliphatic rings. The molecule has 0 aliphatic carbocycles. The topological polar surface area (TPSA) is 68.2 Å². The molecule has 22 heavy (non-hydrogen) atoms. The van der Waals surface area contributed by atoms with Gasteiger partial charge >= 0.3 is 4.87 Å². The maximum atomic E-state index is 12.3. The van der Waals surface area contributed by atoms with Gasteiger partial charge in [-0.15, -0.1) is 0 Å². The Morgan fingerprint density at radius 2 is 2.00 bits per heavy atom. The summed E-state index contributed by atoms with van der Waals surface area (Å²) in [6, 6.07) is 4.92. The molecule has 0 atom stereocenters. The molecule has 7 heteroatoms. The minimum atomic E-state index is -3.51. The van der Waals surface area contributed by atoms with Gasteiger partial charge in [0, 0.05) is 12.6 Å². The van der Waals surface area contributed by atoms with Crippen LogP contribution in [0, 0.1) is 0 Å². The van der Waals surface area contributed by atoms with Crippen LogP contribution in [0.4, 0.5) is 0 Å². The van der Waals surface area contributed by atoms with E-state index >= 15 is 0 Å². The first-order chi connectivity index (χ1) is 10.4. The van der Waals surface area contributed by atoms with Gasteiger partial charge in [-0.1, -0.05) is 31.1 Å². The van der Waals surface area contributed by atoms with Crippen molar-refractivity contribution in [2.75, 3.05) is 6.54 Å². The zero-order valence-electron chi connectivity index (χ0n) is 13.1. The Hall–Kier alpha value is -1.18. The summed E-state index contributed by atoms with van der Waals surface area (Å²) < 4.78 is 29.5. The molecular formula is C15H22N2O3S2. The maximum absolute atomic E-state index is 12.3. The highest BCUT2D eigenvalue weighted by atomic mass is 32.2. The Morgan fingerprint density at radius 1 is 1.27 bits per heavy atom. The molecule has 0 radical (unpaired) electrons. The van der Waals surface area contributed by atoms with E-state index in [1.807, 2.05) is 13.8 Å². The van der Waals surface area contributed by atoms with E-state index < -0.39 is 10.0 Å². The average Bonchev–Trinajstić information content (AvgIpc) is 2.78. The van der Waals surface area contributed by atoms with Crippen molar-refractivity contribution in [3.63, 3.8) is 0 Å². The van der Waals surface area contributed by atoms with Crippen molar-refractivity contribution in [2.45, 2.75) is 51.0 Å². The second kappa shape index (κ2) is 6.93. The Balaban J connectivity index is 2.32. The maximum Gasteiger partial charge on any atom is 0.308 e. The van der Waals surface area contributed by atoms with Crippen LogP contribution >= 0.6 is 11.3 Å². The lowest BCUT2D eigenvalue weighted by Crippen LogP contribution is -2.24. The third-order valence-electron chi connectivity index (χ3n) is 3.48. The molecule has 0 saturated carbocycles. The lowest BCUT2D eigenvalue weighted by atomic mass is 10.3. The SMILES string of the molecule is CCCCCNS(=O)(=O)c1ccc2c(c1)sc(=O)n2C(C)C. The summed E-state index contributed by atoms with van der Waals surface area (Å²) in [5.41, 5.74) is 0.787. The van der Waals surface area contributed by atoms with Crippen LogP contribution in [0.1, 0.15) is 46.1 Å². The van der Waals surface area contributed by atoms with Crippen LogP contribution in [0.3, 0.4) is 0 Å². The monoisotopic (exact) mass is 342 g/mol. The number of sulfonamides is 1. The number of unbranched alkanes of at least 4 members (excludes halogenated alkanes) is 2. The van der Waals surface area contributed by atoms with Crippen molar-refractivity contribution in [2.24, 2.45) is 0 Å². The van der Waals surface area contributed by atoms with Gasteiger partial charge in [-0.05, 0) is 38.5 Å². The van der Waals surface area contributed by atoms with E-state index in [0.717, 1.165) is 36.1 Å². The van der Waals surface area contributed by atoms with Crippen molar-refractivity contribution in [3.05, 3.63) is 27.9 Å². The Morgan fingerprint density at radius 3 is 2.64 bits per heavy atom. The van der Waals surface area contributed by atoms with Gasteiger partial charge in [-0.2, -0.15) is 0 Å². The molecule has 1 aromatic heterocycles. The molecule has 1 N–H and O–H groups in total. The summed E-state index contributed by atoms with van der Waals surface area (Å²) in [4.78, 5) is 12.2. The van der Waals surface area contributed by atoms with E-state index in [-0.39, 0.29) is 15.8 Å². The van der Waals surface area contributed by atoms with Crippen LogP contribution in [0.25, 0.3) is 10.2 Å². The standard InChI is InChI=1S/C15H22N2O3S2/c1-4-5-6-9-16-22(19,20)12-7-8-13-14(10-12)21-15(18)17(13)11(2)3/h7-8,10-11,16H,4-6,9H2,1-3H3. The van der Waals surface area contributed by atoms with Gasteiger partial charge in [-0.3, -0.25) is 9.36 Å². The zero-order valence-corrected chi connectivity index (χ0v) is 14.8. The van der Waals surface area contributed by atoms with Gasteiger partial charge in [0.1, 0.15) is 0 Å². The van der Waals surface area contributed by atoms with Crippen LogP contribution in [0.5, 0.6) is 0 Å². The highest BCUT2D eigenvalue weighted by Gasteiger charge is 2.17. The summed E-state index contributed by atoms with van der Waals surface area (Å²) in [5.74, 6) is 0. The number of hydrogen-bond acceptors (Lipinski definition) is 4. The first kappa shape index (κ1) is 17.2. The lowest BCUT2D eigenvalue weighted by Gasteiger charge is -2.09. The lowest BCUT2D eigenvalue weighted by molar-refractivity contribution is 0.576. The fourth-order valence-electron chi connectivity index (χ4n) is 2.34. The van der Waals surface area contributed by atoms with Gasteiger partial charge in [0.2, 0.25) is 10.0 Å². The van der Waals surface area contributed by atoms with Crippen molar-refractivity contribution in [3.8, 4) is 0 Å². The Kier molecular flexibility index (Phi) is 5.41. The summed E-state index contributed by atoms with van der Waals surface area (Å²) in [7, 11) is -3.51. The molecule has 0 unspecified atom stereocenters. The van der Waals surface area contributed by atoms with E-state index in [0.29, 0.717) is 11.2 Å². The molecule has 0 spiro atoms. The predicted molar refractivity (Wildman–Crippen MR) is 91.2 cm³/mol. The molecule has 0 fully saturated rings. The summed E-state index contributed by atoms with van der Waals surface area (Å²) in [6.45, 7) is 6.39. The second-order valence-electron chi connectivity index (χ2n) is 5.57. The molecule has 0 saturated heterocycles. The quantitative estimate of drug-likeness (QED) is 0.786. The first-order valence-electron chi connectivity index (χ1n) is 7.51. The summed E-state index contributed by atoms with van der Waals surface area (Å²) >= 11 is 1.08. The van der Waals surface area contributed by atoms with Gasteiger partial charge in [0.05, 0.1) is 15.1 Å². The molecule has 122 valence electrons. The van der Waals surface area contributed by atoms with Crippen LogP contribution in [-0.2, 0) is 10.0 Å². The summed E-state index contributed by atoms with van der Waals surface area (Å²) in [5, 5.41) is 0. The number of hydrogen-bond donors (Lipinski definition) is 1. The van der Waals surface area contributed by atoms with Crippen LogP contribution in [-0.4, -0.2) is 19.5 Å². The average molecular weight is 342 g/mol. The molecule has 0 aliphatic heterocycles. The summed E-state index contributed by atoms with van der Waals surface area (Å²) in [6.07, 6.45) is 2.87. The number of nitrogens with zero attached hydrogens (tertiary/aromatic N) is 1. The van der Waals surface area contributed by atoms with Crippen molar-refractivity contribution in [1.29, 1.82) is 0 Å². The van der Waals surface area contributed by atoms with E-state index in [9.17, 15) is 13.2 Å². The van der Waals surface area contributed by atoms with Gasteiger partial charge in [0.25, 0.3) is 0 Å². The minimum absolute atomic E-state index is 0.0517. The molecule has 2 aromatic rings. The number of aromatic nitrogens is 1. The van der Waals surface area contributed by atoms with Gasteiger partial charge in [0.15, 0.2) is 0 Å². The molecule has 1 aromatic carbocycles. The molecule has 2 rings (SSSR count). The third kappa shape index (κ3) is 3.59. The van der Waals surface area contributed by atoms with E-state index in [2.05, 4.69) is 11.6 Å². The molecule has 0 bridgehead atoms. The van der Waals surface area contributed by atoms with E-state index in [1.165, 1.54) is 0 Å². The highest BCUT2D eigenvalue weighted by molar-refractivity contribution is 7.89. The molecule has 5 nitrogen and oxygen atoms in total. The third-order valence-corrected chi connectivity index (χ3v) is 5.86. The Bertz CT molecular complexity index is 804. The molecular weight excluding hydrogens is 320 g/mol. The number of benzene rings is 1. The van der Waals surface area contributed by atoms with Crippen molar-refractivity contribution < 1.29 is 8.42 Å². The number of thiazole rings is 1. The highest BCUT2D eigenvalue weighted by Crippen LogP contribution is 2.23. The van der Waals surface area contributed by atoms with Crippen LogP contribution < -0.4 is 9.60 Å². The molecule has 0 amide bonds. The number of rotatable bonds is 7. The van der Waals surface area contributed by atoms with E-state index in [4.69, 9.17) is 0 Å². The van der Waals surface area contributed by atoms with Gasteiger partial charge in [-0.25, -0.2) is 13.1 Å². The minimum Gasteiger partial charge on any atom is -0.296 e. The Labute approximate surface area is 135 Å². The van der Waals surface area contributed by atoms with Crippen molar-refractivity contribution >= 4 is 31.6 Å². The second-order valence-corrected chi connectivity index (χ2v) is 8.33. The smallest absolute Gasteiger partial charge is 0.296 e. The van der Waals surface area contributed by atoms with Crippen LogP contribution in [0.15, 0.2) is 27.9 Å². The van der Waals surface area contributed by atoms with Gasteiger partial charge < -0.3 is 0 Å². The number of nitrogens with one attached hydrogen (secondary N) is 1. The molecule has 1 heterocycles. The number of fused-ring (bicyclic) bond motifs is 1. The largest absolute Gasteiger partial charge is 0.308 e. The van der Waals surface area contributed by atoms with E-state index in [1.54, 1.807) is 22.8 Å². The predicted octanol–water partition coefficient (Wildman–Crippen LogP) is 3.11. The van der Waals surface area contributed by atoms with Crippen LogP contribution in [0.2, 0.25) is 0 Å². The fraction of sp³-hybridized carbons (Fsp3) is 0.533.